The molecule has 25 heavy (non-hydrogen) atoms. The second kappa shape index (κ2) is 11.6. The van der Waals surface area contributed by atoms with Crippen LogP contribution in [0.5, 0.6) is 0 Å². The summed E-state index contributed by atoms with van der Waals surface area (Å²) in [5.41, 5.74) is 0.865. The van der Waals surface area contributed by atoms with Crippen molar-refractivity contribution in [2.75, 3.05) is 0 Å². The predicted octanol–water partition coefficient (Wildman–Crippen LogP) is 5.15. The molecule has 0 radical (unpaired) electrons. The standard InChI is InChI=1S/C23H36O2/c1-2-3-6-14-21(23(25)20-15-9-5-10-16-20)17-11-18-22(24)19-12-7-4-8-13-19/h2,14,19-20,22-25H,1,3-10,12-13,15-16,18H2. The van der Waals surface area contributed by atoms with Crippen LogP contribution in [0, 0.1) is 23.7 Å². The minimum atomic E-state index is -0.440. The molecule has 0 bridgehead atoms. The van der Waals surface area contributed by atoms with E-state index in [1.165, 1.54) is 38.5 Å². The van der Waals surface area contributed by atoms with Crippen molar-refractivity contribution in [2.24, 2.45) is 11.8 Å². The Bertz CT molecular complexity index is 470. The Kier molecular flexibility index (Phi) is 9.37. The lowest BCUT2D eigenvalue weighted by Crippen LogP contribution is -2.24. The van der Waals surface area contributed by atoms with Crippen molar-refractivity contribution < 1.29 is 10.2 Å². The van der Waals surface area contributed by atoms with Crippen molar-refractivity contribution in [2.45, 2.75) is 95.7 Å². The zero-order valence-electron chi connectivity index (χ0n) is 15.8. The highest BCUT2D eigenvalue weighted by Crippen LogP contribution is 2.30. The summed E-state index contributed by atoms with van der Waals surface area (Å²) in [5, 5.41) is 21.2. The minimum Gasteiger partial charge on any atom is -0.392 e. The maximum atomic E-state index is 10.8. The van der Waals surface area contributed by atoms with Crippen LogP contribution in [0.2, 0.25) is 0 Å². The van der Waals surface area contributed by atoms with Gasteiger partial charge in [0.15, 0.2) is 0 Å². The monoisotopic (exact) mass is 344 g/mol. The summed E-state index contributed by atoms with van der Waals surface area (Å²) >= 11 is 0. The average Bonchev–Trinajstić information content (AvgIpc) is 2.67. The van der Waals surface area contributed by atoms with Crippen LogP contribution in [0.15, 0.2) is 24.3 Å². The van der Waals surface area contributed by atoms with E-state index in [0.717, 1.165) is 44.1 Å². The molecule has 0 aliphatic heterocycles. The van der Waals surface area contributed by atoms with Gasteiger partial charge in [0.05, 0.1) is 12.2 Å². The molecule has 2 nitrogen and oxygen atoms in total. The molecule has 2 heteroatoms. The average molecular weight is 345 g/mol. The first-order valence-electron chi connectivity index (χ1n) is 10.4. The highest BCUT2D eigenvalue weighted by molar-refractivity contribution is 5.33. The van der Waals surface area contributed by atoms with Crippen LogP contribution in [0.25, 0.3) is 0 Å². The number of allylic oxidation sites excluding steroid dienone is 2. The van der Waals surface area contributed by atoms with E-state index < -0.39 is 6.10 Å². The molecule has 0 spiro atoms. The van der Waals surface area contributed by atoms with Crippen molar-refractivity contribution in [1.29, 1.82) is 0 Å². The van der Waals surface area contributed by atoms with E-state index >= 15 is 0 Å². The molecule has 0 heterocycles. The van der Waals surface area contributed by atoms with Gasteiger partial charge >= 0.3 is 0 Å². The Morgan fingerprint density at radius 2 is 1.52 bits per heavy atom. The van der Waals surface area contributed by atoms with Crippen molar-refractivity contribution in [1.82, 2.24) is 0 Å². The van der Waals surface area contributed by atoms with Crippen LogP contribution in [0.4, 0.5) is 0 Å². The fraction of sp³-hybridized carbons (Fsp3) is 0.739. The molecular weight excluding hydrogens is 308 g/mol. The fourth-order valence-corrected chi connectivity index (χ4v) is 4.25. The van der Waals surface area contributed by atoms with Crippen molar-refractivity contribution in [3.05, 3.63) is 24.3 Å². The lowest BCUT2D eigenvalue weighted by molar-refractivity contribution is 0.0891. The second-order valence-electron chi connectivity index (χ2n) is 7.84. The van der Waals surface area contributed by atoms with Gasteiger partial charge in [-0.05, 0) is 50.4 Å². The molecule has 2 unspecified atom stereocenters. The zero-order chi connectivity index (χ0) is 17.9. The summed E-state index contributed by atoms with van der Waals surface area (Å²) in [5.74, 6) is 7.15. The third kappa shape index (κ3) is 7.00. The number of unbranched alkanes of at least 4 members (excludes halogenated alkanes) is 1. The van der Waals surface area contributed by atoms with Gasteiger partial charge < -0.3 is 10.2 Å². The van der Waals surface area contributed by atoms with Gasteiger partial charge in [0.25, 0.3) is 0 Å². The molecule has 140 valence electrons. The first kappa shape index (κ1) is 20.3. The lowest BCUT2D eigenvalue weighted by Gasteiger charge is -2.27. The van der Waals surface area contributed by atoms with E-state index in [2.05, 4.69) is 24.5 Å². The van der Waals surface area contributed by atoms with Gasteiger partial charge in [0.1, 0.15) is 0 Å². The highest BCUT2D eigenvalue weighted by Gasteiger charge is 2.24. The van der Waals surface area contributed by atoms with E-state index in [1.54, 1.807) is 0 Å². The minimum absolute atomic E-state index is 0.311. The molecule has 2 N–H and O–H groups in total. The van der Waals surface area contributed by atoms with Gasteiger partial charge in [-0.15, -0.1) is 6.58 Å². The molecule has 0 amide bonds. The van der Waals surface area contributed by atoms with E-state index in [-0.39, 0.29) is 6.10 Å². The summed E-state index contributed by atoms with van der Waals surface area (Å²) in [6, 6.07) is 0. The first-order chi connectivity index (χ1) is 12.2. The lowest BCUT2D eigenvalue weighted by atomic mass is 9.82. The quantitative estimate of drug-likeness (QED) is 0.381. The third-order valence-corrected chi connectivity index (χ3v) is 5.89. The summed E-state index contributed by atoms with van der Waals surface area (Å²) < 4.78 is 0. The Labute approximate surface area is 154 Å². The van der Waals surface area contributed by atoms with Crippen LogP contribution in [-0.4, -0.2) is 22.4 Å². The summed E-state index contributed by atoms with van der Waals surface area (Å²) in [6.45, 7) is 3.77. The number of rotatable bonds is 7. The van der Waals surface area contributed by atoms with Gasteiger partial charge in [-0.25, -0.2) is 0 Å². The van der Waals surface area contributed by atoms with Crippen molar-refractivity contribution in [3.63, 3.8) is 0 Å². The van der Waals surface area contributed by atoms with Gasteiger partial charge in [-0.3, -0.25) is 0 Å². The number of aliphatic hydroxyl groups excluding tert-OH is 2. The van der Waals surface area contributed by atoms with Crippen LogP contribution in [-0.2, 0) is 0 Å². The molecule has 0 aromatic rings. The number of hydrogen-bond acceptors (Lipinski definition) is 2. The summed E-state index contributed by atoms with van der Waals surface area (Å²) in [6.07, 6.45) is 17.5. The highest BCUT2D eigenvalue weighted by atomic mass is 16.3. The number of hydrogen-bond donors (Lipinski definition) is 2. The molecule has 2 saturated carbocycles. The molecular formula is C23H36O2. The molecule has 2 aliphatic rings. The van der Waals surface area contributed by atoms with Gasteiger partial charge in [0, 0.05) is 12.0 Å². The van der Waals surface area contributed by atoms with E-state index in [1.807, 2.05) is 6.08 Å². The molecule has 0 aromatic carbocycles. The molecule has 2 atom stereocenters. The maximum absolute atomic E-state index is 10.8. The Morgan fingerprint density at radius 1 is 0.920 bits per heavy atom. The first-order valence-corrected chi connectivity index (χ1v) is 10.4. The van der Waals surface area contributed by atoms with Crippen molar-refractivity contribution >= 4 is 0 Å². The smallest absolute Gasteiger partial charge is 0.0892 e. The number of aliphatic hydroxyl groups is 2. The van der Waals surface area contributed by atoms with Crippen LogP contribution < -0.4 is 0 Å². The molecule has 0 aromatic heterocycles. The second-order valence-corrected chi connectivity index (χ2v) is 7.84. The van der Waals surface area contributed by atoms with Crippen LogP contribution in [0.3, 0.4) is 0 Å². The zero-order valence-corrected chi connectivity index (χ0v) is 15.8. The van der Waals surface area contributed by atoms with Gasteiger partial charge in [-0.1, -0.05) is 62.5 Å². The van der Waals surface area contributed by atoms with Crippen LogP contribution in [0.1, 0.15) is 83.5 Å². The van der Waals surface area contributed by atoms with Crippen molar-refractivity contribution in [3.8, 4) is 11.8 Å². The van der Waals surface area contributed by atoms with E-state index in [9.17, 15) is 10.2 Å². The molecule has 0 saturated heterocycles. The largest absolute Gasteiger partial charge is 0.392 e. The summed E-state index contributed by atoms with van der Waals surface area (Å²) in [4.78, 5) is 0. The predicted molar refractivity (Wildman–Crippen MR) is 105 cm³/mol. The Hall–Kier alpha value is -1.04. The normalized spacial score (nSPS) is 22.7. The molecule has 2 fully saturated rings. The Morgan fingerprint density at radius 3 is 2.12 bits per heavy atom. The van der Waals surface area contributed by atoms with Gasteiger partial charge in [-0.2, -0.15) is 0 Å². The molecule has 2 aliphatic carbocycles. The van der Waals surface area contributed by atoms with Gasteiger partial charge in [0.2, 0.25) is 0 Å². The maximum Gasteiger partial charge on any atom is 0.0892 e. The van der Waals surface area contributed by atoms with E-state index in [0.29, 0.717) is 18.3 Å². The molecule has 2 rings (SSSR count). The third-order valence-electron chi connectivity index (χ3n) is 5.89. The fourth-order valence-electron chi connectivity index (χ4n) is 4.25. The Balaban J connectivity index is 1.95. The van der Waals surface area contributed by atoms with E-state index in [4.69, 9.17) is 0 Å². The topological polar surface area (TPSA) is 40.5 Å². The summed E-state index contributed by atoms with van der Waals surface area (Å²) in [7, 11) is 0. The van der Waals surface area contributed by atoms with Crippen LogP contribution >= 0.6 is 0 Å². The SMILES string of the molecule is C=CCCC=C(C#CCC(O)C1CCCCC1)C(O)C1CCCCC1.